The van der Waals surface area contributed by atoms with Gasteiger partial charge in [0.05, 0.1) is 6.04 Å². The zero-order chi connectivity index (χ0) is 12.1. The highest BCUT2D eigenvalue weighted by Crippen LogP contribution is 2.18. The van der Waals surface area contributed by atoms with E-state index < -0.39 is 0 Å². The van der Waals surface area contributed by atoms with E-state index in [0.29, 0.717) is 6.54 Å². The van der Waals surface area contributed by atoms with Crippen LogP contribution in [-0.2, 0) is 0 Å². The summed E-state index contributed by atoms with van der Waals surface area (Å²) in [7, 11) is 0. The Morgan fingerprint density at radius 2 is 2.18 bits per heavy atom. The van der Waals surface area contributed by atoms with Crippen LogP contribution in [0.4, 0.5) is 0 Å². The largest absolute Gasteiger partial charge is 0.299 e. The monoisotopic (exact) mass is 292 g/mol. The third-order valence-electron chi connectivity index (χ3n) is 2.34. The van der Waals surface area contributed by atoms with Gasteiger partial charge in [-0.1, -0.05) is 52.8 Å². The average Bonchev–Trinajstić information content (AvgIpc) is 2.84. The van der Waals surface area contributed by atoms with Crippen LogP contribution in [0.15, 0.2) is 47.7 Å². The van der Waals surface area contributed by atoms with Crippen LogP contribution in [0.2, 0.25) is 0 Å². The first-order valence-corrected chi connectivity index (χ1v) is 6.03. The molecule has 0 radical (unpaired) electrons. The molecule has 0 aliphatic carbocycles. The topological polar surface area (TPSA) is 53.6 Å². The minimum Gasteiger partial charge on any atom is -0.299 e. The van der Waals surface area contributed by atoms with E-state index in [2.05, 4.69) is 55.1 Å². The standard InChI is InChI=1S/C12H13BrN4/c1-9(13)7-14-11(12-15-8-16-17-12)10-5-3-2-4-6-10/h2-6,8,11,14H,1,7H2,(H,15,16,17)/t11-/m0/s1. The van der Waals surface area contributed by atoms with Gasteiger partial charge in [0, 0.05) is 11.0 Å². The molecule has 0 fully saturated rings. The predicted octanol–water partition coefficient (Wildman–Crippen LogP) is 2.39. The van der Waals surface area contributed by atoms with E-state index in [4.69, 9.17) is 0 Å². The van der Waals surface area contributed by atoms with Gasteiger partial charge in [-0.15, -0.1) is 0 Å². The quantitative estimate of drug-likeness (QED) is 0.890. The summed E-state index contributed by atoms with van der Waals surface area (Å²) in [6.07, 6.45) is 1.51. The molecule has 0 bridgehead atoms. The summed E-state index contributed by atoms with van der Waals surface area (Å²) < 4.78 is 0.901. The van der Waals surface area contributed by atoms with Crippen molar-refractivity contribution in [2.45, 2.75) is 6.04 Å². The molecule has 0 aliphatic rings. The van der Waals surface area contributed by atoms with Crippen LogP contribution in [0.5, 0.6) is 0 Å². The molecule has 2 rings (SSSR count). The zero-order valence-corrected chi connectivity index (χ0v) is 10.8. The Morgan fingerprint density at radius 1 is 1.41 bits per heavy atom. The van der Waals surface area contributed by atoms with Gasteiger partial charge < -0.3 is 0 Å². The SMILES string of the molecule is C=C(Br)CN[C@@H](c1ccccc1)c1ncn[nH]1. The minimum atomic E-state index is -0.00648. The number of H-pyrrole nitrogens is 1. The van der Waals surface area contributed by atoms with Crippen molar-refractivity contribution < 1.29 is 0 Å². The van der Waals surface area contributed by atoms with Crippen molar-refractivity contribution in [3.63, 3.8) is 0 Å². The summed E-state index contributed by atoms with van der Waals surface area (Å²) in [5.74, 6) is 0.796. The third kappa shape index (κ3) is 3.25. The fraction of sp³-hybridized carbons (Fsp3) is 0.167. The maximum Gasteiger partial charge on any atom is 0.145 e. The van der Waals surface area contributed by atoms with E-state index in [1.54, 1.807) is 0 Å². The maximum atomic E-state index is 4.20. The van der Waals surface area contributed by atoms with Crippen molar-refractivity contribution in [2.75, 3.05) is 6.54 Å². The summed E-state index contributed by atoms with van der Waals surface area (Å²) >= 11 is 3.34. The van der Waals surface area contributed by atoms with Gasteiger partial charge in [-0.2, -0.15) is 5.10 Å². The van der Waals surface area contributed by atoms with Crippen LogP contribution >= 0.6 is 15.9 Å². The molecule has 0 saturated carbocycles. The number of aromatic amines is 1. The maximum absolute atomic E-state index is 4.20. The van der Waals surface area contributed by atoms with E-state index in [9.17, 15) is 0 Å². The lowest BCUT2D eigenvalue weighted by Gasteiger charge is -2.16. The second-order valence-corrected chi connectivity index (χ2v) is 4.73. The Balaban J connectivity index is 2.22. The van der Waals surface area contributed by atoms with Crippen molar-refractivity contribution in [3.05, 3.63) is 59.1 Å². The molecule has 1 heterocycles. The Morgan fingerprint density at radius 3 is 2.76 bits per heavy atom. The summed E-state index contributed by atoms with van der Waals surface area (Å²) in [6.45, 7) is 4.48. The van der Waals surface area contributed by atoms with Crippen LogP contribution < -0.4 is 5.32 Å². The average molecular weight is 293 g/mol. The Labute approximate surface area is 108 Å². The molecule has 0 amide bonds. The van der Waals surface area contributed by atoms with E-state index in [1.165, 1.54) is 6.33 Å². The second kappa shape index (κ2) is 5.75. The molecule has 5 heteroatoms. The Hall–Kier alpha value is -1.46. The molecular weight excluding hydrogens is 280 g/mol. The molecule has 0 aliphatic heterocycles. The number of hydrogen-bond acceptors (Lipinski definition) is 3. The lowest BCUT2D eigenvalue weighted by molar-refractivity contribution is 0.616. The molecule has 2 aromatic rings. The summed E-state index contributed by atoms with van der Waals surface area (Å²) in [4.78, 5) is 4.20. The summed E-state index contributed by atoms with van der Waals surface area (Å²) in [5.41, 5.74) is 1.14. The molecular formula is C12H13BrN4. The molecule has 1 aromatic heterocycles. The van der Waals surface area contributed by atoms with E-state index >= 15 is 0 Å². The van der Waals surface area contributed by atoms with Crippen LogP contribution in [0, 0.1) is 0 Å². The van der Waals surface area contributed by atoms with Gasteiger partial charge in [0.25, 0.3) is 0 Å². The molecule has 2 N–H and O–H groups in total. The van der Waals surface area contributed by atoms with Crippen LogP contribution in [0.25, 0.3) is 0 Å². The van der Waals surface area contributed by atoms with E-state index in [1.807, 2.05) is 18.2 Å². The van der Waals surface area contributed by atoms with Gasteiger partial charge >= 0.3 is 0 Å². The molecule has 0 unspecified atom stereocenters. The molecule has 4 nitrogen and oxygen atoms in total. The van der Waals surface area contributed by atoms with Crippen LogP contribution in [0.1, 0.15) is 17.4 Å². The zero-order valence-electron chi connectivity index (χ0n) is 9.23. The molecule has 1 atom stereocenters. The third-order valence-corrected chi connectivity index (χ3v) is 2.62. The molecule has 17 heavy (non-hydrogen) atoms. The molecule has 0 saturated heterocycles. The number of nitrogens with one attached hydrogen (secondary N) is 2. The first-order valence-electron chi connectivity index (χ1n) is 5.24. The van der Waals surface area contributed by atoms with E-state index in [0.717, 1.165) is 15.9 Å². The number of rotatable bonds is 5. The Kier molecular flexibility index (Phi) is 4.06. The first kappa shape index (κ1) is 12.0. The fourth-order valence-corrected chi connectivity index (χ4v) is 1.75. The van der Waals surface area contributed by atoms with Crippen molar-refractivity contribution in [1.29, 1.82) is 0 Å². The molecule has 0 spiro atoms. The Bertz CT molecular complexity index is 467. The normalized spacial score (nSPS) is 12.3. The van der Waals surface area contributed by atoms with Gasteiger partial charge in [-0.05, 0) is 5.56 Å². The van der Waals surface area contributed by atoms with Crippen LogP contribution in [0.3, 0.4) is 0 Å². The van der Waals surface area contributed by atoms with Gasteiger partial charge in [-0.25, -0.2) is 4.98 Å². The van der Waals surface area contributed by atoms with Gasteiger partial charge in [0.2, 0.25) is 0 Å². The van der Waals surface area contributed by atoms with Crippen LogP contribution in [-0.4, -0.2) is 21.7 Å². The molecule has 1 aromatic carbocycles. The smallest absolute Gasteiger partial charge is 0.145 e. The minimum absolute atomic E-state index is 0.00648. The van der Waals surface area contributed by atoms with Crippen molar-refractivity contribution in [3.8, 4) is 0 Å². The predicted molar refractivity (Wildman–Crippen MR) is 70.7 cm³/mol. The lowest BCUT2D eigenvalue weighted by Crippen LogP contribution is -2.24. The second-order valence-electron chi connectivity index (χ2n) is 3.61. The highest BCUT2D eigenvalue weighted by atomic mass is 79.9. The number of aromatic nitrogens is 3. The summed E-state index contributed by atoms with van der Waals surface area (Å²) in [6, 6.07) is 10.1. The fourth-order valence-electron chi connectivity index (χ4n) is 1.58. The van der Waals surface area contributed by atoms with Crippen molar-refractivity contribution >= 4 is 15.9 Å². The number of nitrogens with zero attached hydrogens (tertiary/aromatic N) is 2. The molecule has 88 valence electrons. The highest BCUT2D eigenvalue weighted by molar-refractivity contribution is 9.11. The first-order chi connectivity index (χ1) is 8.27. The van der Waals surface area contributed by atoms with Gasteiger partial charge in [0.15, 0.2) is 0 Å². The van der Waals surface area contributed by atoms with E-state index in [-0.39, 0.29) is 6.04 Å². The van der Waals surface area contributed by atoms with Crippen molar-refractivity contribution in [1.82, 2.24) is 20.5 Å². The van der Waals surface area contributed by atoms with Gasteiger partial charge in [-0.3, -0.25) is 10.4 Å². The number of benzene rings is 1. The number of hydrogen-bond donors (Lipinski definition) is 2. The van der Waals surface area contributed by atoms with Crippen molar-refractivity contribution in [2.24, 2.45) is 0 Å². The summed E-state index contributed by atoms with van der Waals surface area (Å²) in [5, 5.41) is 10.1. The number of halogens is 1. The van der Waals surface area contributed by atoms with Gasteiger partial charge in [0.1, 0.15) is 12.2 Å². The highest BCUT2D eigenvalue weighted by Gasteiger charge is 2.15. The lowest BCUT2D eigenvalue weighted by atomic mass is 10.1.